The second-order valence-electron chi connectivity index (χ2n) is 4.03. The molecule has 1 aliphatic heterocycles. The second kappa shape index (κ2) is 5.32. The van der Waals surface area contributed by atoms with Crippen molar-refractivity contribution in [2.24, 2.45) is 0 Å². The first-order valence-electron chi connectivity index (χ1n) is 5.49. The lowest BCUT2D eigenvalue weighted by Gasteiger charge is -2.34. The Morgan fingerprint density at radius 1 is 1.44 bits per heavy atom. The molecule has 4 nitrogen and oxygen atoms in total. The SMILES string of the molecule is CN1CCN(C(=S)NCc2ccco2)CC1. The van der Waals surface area contributed by atoms with Crippen LogP contribution in [0.4, 0.5) is 0 Å². The van der Waals surface area contributed by atoms with Gasteiger partial charge < -0.3 is 19.5 Å². The van der Waals surface area contributed by atoms with Gasteiger partial charge in [0.1, 0.15) is 5.76 Å². The third kappa shape index (κ3) is 2.96. The van der Waals surface area contributed by atoms with Crippen LogP contribution in [-0.4, -0.2) is 48.1 Å². The van der Waals surface area contributed by atoms with Gasteiger partial charge in [0.05, 0.1) is 12.8 Å². The van der Waals surface area contributed by atoms with E-state index in [1.54, 1.807) is 6.26 Å². The molecule has 0 radical (unpaired) electrons. The monoisotopic (exact) mass is 239 g/mol. The molecule has 5 heteroatoms. The molecule has 2 heterocycles. The third-order valence-corrected chi connectivity index (χ3v) is 3.19. The maximum Gasteiger partial charge on any atom is 0.169 e. The molecule has 0 saturated carbocycles. The van der Waals surface area contributed by atoms with Gasteiger partial charge in [-0.25, -0.2) is 0 Å². The van der Waals surface area contributed by atoms with Gasteiger partial charge in [-0.3, -0.25) is 0 Å². The molecule has 1 aromatic heterocycles. The van der Waals surface area contributed by atoms with Gasteiger partial charge in [-0.05, 0) is 31.4 Å². The van der Waals surface area contributed by atoms with Crippen molar-refractivity contribution in [2.45, 2.75) is 6.54 Å². The summed E-state index contributed by atoms with van der Waals surface area (Å²) in [6.45, 7) is 4.81. The Bertz CT molecular complexity index is 331. The van der Waals surface area contributed by atoms with Crippen molar-refractivity contribution in [2.75, 3.05) is 33.2 Å². The molecule has 1 aliphatic rings. The van der Waals surface area contributed by atoms with Crippen LogP contribution in [-0.2, 0) is 6.54 Å². The zero-order chi connectivity index (χ0) is 11.4. The minimum absolute atomic E-state index is 0.665. The topological polar surface area (TPSA) is 31.6 Å². The zero-order valence-corrected chi connectivity index (χ0v) is 10.3. The number of hydrogen-bond donors (Lipinski definition) is 1. The first-order valence-corrected chi connectivity index (χ1v) is 5.90. The summed E-state index contributed by atoms with van der Waals surface area (Å²) in [6.07, 6.45) is 1.68. The minimum Gasteiger partial charge on any atom is -0.467 e. The fraction of sp³-hybridized carbons (Fsp3) is 0.545. The molecule has 0 amide bonds. The number of piperazine rings is 1. The Morgan fingerprint density at radius 3 is 2.81 bits per heavy atom. The van der Waals surface area contributed by atoms with Crippen LogP contribution in [0.15, 0.2) is 22.8 Å². The zero-order valence-electron chi connectivity index (χ0n) is 9.48. The Hall–Kier alpha value is -1.07. The van der Waals surface area contributed by atoms with E-state index in [0.29, 0.717) is 6.54 Å². The Kier molecular flexibility index (Phi) is 3.79. The normalized spacial score (nSPS) is 17.4. The highest BCUT2D eigenvalue weighted by atomic mass is 32.1. The summed E-state index contributed by atoms with van der Waals surface area (Å²) in [7, 11) is 2.14. The molecule has 1 aromatic rings. The largest absolute Gasteiger partial charge is 0.467 e. The van der Waals surface area contributed by atoms with E-state index in [4.69, 9.17) is 16.6 Å². The molecule has 0 unspecified atom stereocenters. The lowest BCUT2D eigenvalue weighted by molar-refractivity contribution is 0.214. The maximum absolute atomic E-state index is 5.34. The van der Waals surface area contributed by atoms with Crippen LogP contribution < -0.4 is 5.32 Å². The van der Waals surface area contributed by atoms with Crippen molar-refractivity contribution in [3.8, 4) is 0 Å². The first kappa shape index (κ1) is 11.4. The molecule has 0 atom stereocenters. The van der Waals surface area contributed by atoms with Gasteiger partial charge in [-0.2, -0.15) is 0 Å². The van der Waals surface area contributed by atoms with Crippen LogP contribution in [0.1, 0.15) is 5.76 Å². The number of nitrogens with one attached hydrogen (secondary N) is 1. The molecule has 2 rings (SSSR count). The molecule has 1 N–H and O–H groups in total. The van der Waals surface area contributed by atoms with E-state index in [9.17, 15) is 0 Å². The molecule has 0 aliphatic carbocycles. The molecule has 1 fully saturated rings. The van der Waals surface area contributed by atoms with Crippen molar-refractivity contribution in [3.63, 3.8) is 0 Å². The highest BCUT2D eigenvalue weighted by Gasteiger charge is 2.15. The van der Waals surface area contributed by atoms with Gasteiger partial charge in [0.2, 0.25) is 0 Å². The van der Waals surface area contributed by atoms with Gasteiger partial charge in [-0.15, -0.1) is 0 Å². The molecule has 88 valence electrons. The average Bonchev–Trinajstić information content (AvgIpc) is 2.80. The van der Waals surface area contributed by atoms with Gasteiger partial charge in [0.25, 0.3) is 0 Å². The van der Waals surface area contributed by atoms with E-state index in [2.05, 4.69) is 22.2 Å². The van der Waals surface area contributed by atoms with Crippen molar-refractivity contribution in [3.05, 3.63) is 24.2 Å². The van der Waals surface area contributed by atoms with Gasteiger partial charge in [0.15, 0.2) is 5.11 Å². The summed E-state index contributed by atoms with van der Waals surface area (Å²) < 4.78 is 5.24. The molecule has 0 bridgehead atoms. The number of nitrogens with zero attached hydrogens (tertiary/aromatic N) is 2. The summed E-state index contributed by atoms with van der Waals surface area (Å²) in [5.41, 5.74) is 0. The van der Waals surface area contributed by atoms with Crippen LogP contribution >= 0.6 is 12.2 Å². The smallest absolute Gasteiger partial charge is 0.169 e. The average molecular weight is 239 g/mol. The van der Waals surface area contributed by atoms with Crippen LogP contribution in [0, 0.1) is 0 Å². The van der Waals surface area contributed by atoms with Gasteiger partial charge in [0, 0.05) is 26.2 Å². The lowest BCUT2D eigenvalue weighted by Crippen LogP contribution is -2.50. The van der Waals surface area contributed by atoms with Gasteiger partial charge in [-0.1, -0.05) is 0 Å². The molecule has 0 spiro atoms. The Labute approximate surface area is 101 Å². The second-order valence-corrected chi connectivity index (χ2v) is 4.42. The number of rotatable bonds is 2. The van der Waals surface area contributed by atoms with E-state index in [-0.39, 0.29) is 0 Å². The lowest BCUT2D eigenvalue weighted by atomic mass is 10.3. The van der Waals surface area contributed by atoms with E-state index in [1.807, 2.05) is 12.1 Å². The maximum atomic E-state index is 5.34. The Balaban J connectivity index is 1.75. The number of thiocarbonyl (C=S) groups is 1. The third-order valence-electron chi connectivity index (χ3n) is 2.78. The Morgan fingerprint density at radius 2 is 2.19 bits per heavy atom. The molecule has 16 heavy (non-hydrogen) atoms. The molecular formula is C11H17N3OS. The summed E-state index contributed by atoms with van der Waals surface area (Å²) in [6, 6.07) is 3.83. The van der Waals surface area contributed by atoms with Crippen molar-refractivity contribution < 1.29 is 4.42 Å². The number of hydrogen-bond acceptors (Lipinski definition) is 3. The summed E-state index contributed by atoms with van der Waals surface area (Å²) in [4.78, 5) is 4.52. The predicted octanol–water partition coefficient (Wildman–Crippen LogP) is 0.901. The summed E-state index contributed by atoms with van der Waals surface area (Å²) in [5.74, 6) is 0.913. The standard InChI is InChI=1S/C11H17N3OS/c1-13-4-6-14(7-5-13)11(16)12-9-10-3-2-8-15-10/h2-3,8H,4-7,9H2,1H3,(H,12,16). The minimum atomic E-state index is 0.665. The summed E-state index contributed by atoms with van der Waals surface area (Å²) in [5, 5.41) is 4.04. The van der Waals surface area contributed by atoms with Crippen molar-refractivity contribution in [1.82, 2.24) is 15.1 Å². The fourth-order valence-corrected chi connectivity index (χ4v) is 1.95. The van der Waals surface area contributed by atoms with Crippen molar-refractivity contribution >= 4 is 17.3 Å². The quantitative estimate of drug-likeness (QED) is 0.775. The van der Waals surface area contributed by atoms with E-state index in [0.717, 1.165) is 37.1 Å². The van der Waals surface area contributed by atoms with Gasteiger partial charge >= 0.3 is 0 Å². The van der Waals surface area contributed by atoms with Crippen LogP contribution in [0.3, 0.4) is 0 Å². The highest BCUT2D eigenvalue weighted by Crippen LogP contribution is 2.02. The highest BCUT2D eigenvalue weighted by molar-refractivity contribution is 7.80. The first-order chi connectivity index (χ1) is 7.75. The molecular weight excluding hydrogens is 222 g/mol. The number of likely N-dealkylation sites (N-methyl/N-ethyl adjacent to an activating group) is 1. The van der Waals surface area contributed by atoms with E-state index < -0.39 is 0 Å². The van der Waals surface area contributed by atoms with Crippen LogP contribution in [0.2, 0.25) is 0 Å². The summed E-state index contributed by atoms with van der Waals surface area (Å²) >= 11 is 5.34. The van der Waals surface area contributed by atoms with Crippen molar-refractivity contribution in [1.29, 1.82) is 0 Å². The van der Waals surface area contributed by atoms with Crippen LogP contribution in [0.25, 0.3) is 0 Å². The predicted molar refractivity (Wildman–Crippen MR) is 67.2 cm³/mol. The van der Waals surface area contributed by atoms with Crippen LogP contribution in [0.5, 0.6) is 0 Å². The fourth-order valence-electron chi connectivity index (χ4n) is 1.70. The van der Waals surface area contributed by atoms with E-state index in [1.165, 1.54) is 0 Å². The number of furan rings is 1. The van der Waals surface area contributed by atoms with E-state index >= 15 is 0 Å². The molecule has 1 saturated heterocycles. The molecule has 0 aromatic carbocycles.